The lowest BCUT2D eigenvalue weighted by Gasteiger charge is -2.34. The van der Waals surface area contributed by atoms with Crippen LogP contribution in [0.4, 0.5) is 0 Å². The number of hydrogen-bond donors (Lipinski definition) is 1. The van der Waals surface area contributed by atoms with Gasteiger partial charge >= 0.3 is 5.97 Å². The van der Waals surface area contributed by atoms with Gasteiger partial charge in [-0.25, -0.2) is 9.50 Å². The van der Waals surface area contributed by atoms with E-state index in [0.717, 1.165) is 4.47 Å². The Morgan fingerprint density at radius 2 is 2.35 bits per heavy atom. The predicted molar refractivity (Wildman–Crippen MR) is 60.8 cm³/mol. The number of ether oxygens (including phenoxy) is 1. The normalized spacial score (nSPS) is 17.9. The van der Waals surface area contributed by atoms with Gasteiger partial charge in [-0.15, -0.1) is 5.10 Å². The number of nitrogens with zero attached hydrogens (tertiary/aromatic N) is 3. The number of aliphatic carboxylic acids is 1. The number of halogens is 1. The molecule has 0 radical (unpaired) electrons. The number of fused-ring (bicyclic) bond motifs is 1. The maximum Gasteiger partial charge on any atom is 0.322 e. The van der Waals surface area contributed by atoms with E-state index in [1.807, 2.05) is 6.07 Å². The fraction of sp³-hybridized carbons (Fsp3) is 0.300. The van der Waals surface area contributed by atoms with Gasteiger partial charge in [-0.1, -0.05) is 15.9 Å². The lowest BCUT2D eigenvalue weighted by Crippen LogP contribution is -2.53. The highest BCUT2D eigenvalue weighted by molar-refractivity contribution is 9.10. The molecule has 2 aromatic heterocycles. The molecule has 1 aliphatic rings. The zero-order chi connectivity index (χ0) is 12.0. The summed E-state index contributed by atoms with van der Waals surface area (Å²) >= 11 is 3.33. The minimum Gasteiger partial charge on any atom is -0.480 e. The summed E-state index contributed by atoms with van der Waals surface area (Å²) in [4.78, 5) is 15.5. The third-order valence-electron chi connectivity index (χ3n) is 2.83. The van der Waals surface area contributed by atoms with Crippen molar-refractivity contribution in [2.75, 3.05) is 13.2 Å². The Labute approximate surface area is 104 Å². The first-order chi connectivity index (χ1) is 8.12. The van der Waals surface area contributed by atoms with E-state index in [9.17, 15) is 9.90 Å². The molecule has 7 heteroatoms. The van der Waals surface area contributed by atoms with E-state index in [1.165, 1.54) is 0 Å². The molecule has 6 nitrogen and oxygen atoms in total. The second-order valence-corrected chi connectivity index (χ2v) is 4.88. The molecule has 0 unspecified atom stereocenters. The molecule has 2 aromatic rings. The van der Waals surface area contributed by atoms with Crippen LogP contribution in [0, 0.1) is 0 Å². The van der Waals surface area contributed by atoms with E-state index >= 15 is 0 Å². The molecule has 3 heterocycles. The van der Waals surface area contributed by atoms with E-state index < -0.39 is 11.4 Å². The summed E-state index contributed by atoms with van der Waals surface area (Å²) in [5.74, 6) is -0.645. The lowest BCUT2D eigenvalue weighted by atomic mass is 9.85. The van der Waals surface area contributed by atoms with E-state index in [1.54, 1.807) is 16.8 Å². The number of carbonyl (C=O) groups is 1. The summed E-state index contributed by atoms with van der Waals surface area (Å²) in [5.41, 5.74) is -0.472. The first-order valence-corrected chi connectivity index (χ1v) is 5.75. The van der Waals surface area contributed by atoms with Crippen molar-refractivity contribution in [2.24, 2.45) is 0 Å². The highest BCUT2D eigenvalue weighted by Gasteiger charge is 2.51. The van der Waals surface area contributed by atoms with E-state index in [0.29, 0.717) is 11.5 Å². The summed E-state index contributed by atoms with van der Waals surface area (Å²) in [6.07, 6.45) is 1.73. The van der Waals surface area contributed by atoms with Gasteiger partial charge in [-0.2, -0.15) is 0 Å². The molecule has 0 atom stereocenters. The van der Waals surface area contributed by atoms with Gasteiger partial charge in [0.1, 0.15) is 0 Å². The minimum absolute atomic E-state index is 0.125. The first-order valence-electron chi connectivity index (χ1n) is 4.95. The van der Waals surface area contributed by atoms with Gasteiger partial charge in [0.15, 0.2) is 16.9 Å². The van der Waals surface area contributed by atoms with Crippen LogP contribution in [-0.2, 0) is 14.9 Å². The van der Waals surface area contributed by atoms with Crippen molar-refractivity contribution in [2.45, 2.75) is 5.41 Å². The second-order valence-electron chi connectivity index (χ2n) is 3.96. The van der Waals surface area contributed by atoms with Crippen molar-refractivity contribution in [1.29, 1.82) is 0 Å². The Morgan fingerprint density at radius 3 is 2.94 bits per heavy atom. The van der Waals surface area contributed by atoms with Crippen LogP contribution in [0.1, 0.15) is 5.82 Å². The number of carboxylic acid groups (broad SMARTS) is 1. The van der Waals surface area contributed by atoms with Gasteiger partial charge < -0.3 is 9.84 Å². The first kappa shape index (κ1) is 10.7. The average molecular weight is 298 g/mol. The van der Waals surface area contributed by atoms with E-state index in [4.69, 9.17) is 4.74 Å². The molecule has 0 spiro atoms. The van der Waals surface area contributed by atoms with Crippen molar-refractivity contribution in [1.82, 2.24) is 14.6 Å². The summed E-state index contributed by atoms with van der Waals surface area (Å²) in [6.45, 7) is 0.251. The number of pyridine rings is 1. The van der Waals surface area contributed by atoms with Crippen LogP contribution in [0.15, 0.2) is 22.8 Å². The topological polar surface area (TPSA) is 76.7 Å². The lowest BCUT2D eigenvalue weighted by molar-refractivity contribution is -0.164. The van der Waals surface area contributed by atoms with Gasteiger partial charge in [0.05, 0.1) is 13.2 Å². The largest absolute Gasteiger partial charge is 0.480 e. The SMILES string of the molecule is O=C(O)C1(c2nc3cc(Br)ccn3n2)COC1. The molecule has 17 heavy (non-hydrogen) atoms. The summed E-state index contributed by atoms with van der Waals surface area (Å²) in [5, 5.41) is 13.4. The Balaban J connectivity index is 2.14. The fourth-order valence-electron chi connectivity index (χ4n) is 1.71. The van der Waals surface area contributed by atoms with Crippen LogP contribution in [0.2, 0.25) is 0 Å². The van der Waals surface area contributed by atoms with E-state index in [-0.39, 0.29) is 13.2 Å². The molecule has 1 aliphatic heterocycles. The molecule has 0 amide bonds. The molecule has 3 rings (SSSR count). The molecule has 88 valence electrons. The maximum absolute atomic E-state index is 11.3. The molecular formula is C10H8BrN3O3. The fourth-order valence-corrected chi connectivity index (χ4v) is 2.04. The molecular weight excluding hydrogens is 290 g/mol. The third-order valence-corrected chi connectivity index (χ3v) is 3.33. The van der Waals surface area contributed by atoms with Crippen molar-refractivity contribution < 1.29 is 14.6 Å². The van der Waals surface area contributed by atoms with Gasteiger partial charge in [-0.3, -0.25) is 4.79 Å². The number of rotatable bonds is 2. The van der Waals surface area contributed by atoms with Crippen LogP contribution < -0.4 is 0 Å². The molecule has 0 aliphatic carbocycles. The summed E-state index contributed by atoms with van der Waals surface area (Å²) in [6, 6.07) is 3.60. The average Bonchev–Trinajstić information content (AvgIpc) is 2.57. The quantitative estimate of drug-likeness (QED) is 0.889. The second kappa shape index (κ2) is 3.51. The number of aromatic nitrogens is 3. The van der Waals surface area contributed by atoms with Gasteiger partial charge in [0.25, 0.3) is 0 Å². The highest BCUT2D eigenvalue weighted by Crippen LogP contribution is 2.30. The van der Waals surface area contributed by atoms with Crippen molar-refractivity contribution in [3.05, 3.63) is 28.6 Å². The highest BCUT2D eigenvalue weighted by atomic mass is 79.9. The zero-order valence-corrected chi connectivity index (χ0v) is 10.2. The van der Waals surface area contributed by atoms with Gasteiger partial charge in [0, 0.05) is 10.7 Å². The summed E-state index contributed by atoms with van der Waals surface area (Å²) < 4.78 is 7.43. The number of carboxylic acids is 1. The Hall–Kier alpha value is -1.47. The molecule has 0 bridgehead atoms. The molecule has 1 saturated heterocycles. The number of hydrogen-bond acceptors (Lipinski definition) is 4. The van der Waals surface area contributed by atoms with Crippen LogP contribution in [0.5, 0.6) is 0 Å². The van der Waals surface area contributed by atoms with Gasteiger partial charge in [-0.05, 0) is 12.1 Å². The minimum atomic E-state index is -1.08. The van der Waals surface area contributed by atoms with Crippen molar-refractivity contribution >= 4 is 27.5 Å². The van der Waals surface area contributed by atoms with Crippen molar-refractivity contribution in [3.63, 3.8) is 0 Å². The van der Waals surface area contributed by atoms with Crippen LogP contribution in [-0.4, -0.2) is 38.9 Å². The van der Waals surface area contributed by atoms with Gasteiger partial charge in [0.2, 0.25) is 0 Å². The molecule has 0 saturated carbocycles. The molecule has 1 fully saturated rings. The monoisotopic (exact) mass is 297 g/mol. The van der Waals surface area contributed by atoms with Crippen LogP contribution in [0.3, 0.4) is 0 Å². The Bertz CT molecular complexity index is 606. The van der Waals surface area contributed by atoms with Crippen LogP contribution >= 0.6 is 15.9 Å². The standard InChI is InChI=1S/C10H8BrN3O3/c11-6-1-2-14-7(3-6)12-8(13-14)10(9(15)16)4-17-5-10/h1-3H,4-5H2,(H,15,16). The van der Waals surface area contributed by atoms with Crippen LogP contribution in [0.25, 0.3) is 5.65 Å². The Kier molecular flexibility index (Phi) is 2.20. The zero-order valence-electron chi connectivity index (χ0n) is 8.63. The Morgan fingerprint density at radius 1 is 1.59 bits per heavy atom. The molecule has 1 N–H and O–H groups in total. The summed E-state index contributed by atoms with van der Waals surface area (Å²) in [7, 11) is 0. The predicted octanol–water partition coefficient (Wildman–Crippen LogP) is 0.844. The maximum atomic E-state index is 11.3. The van der Waals surface area contributed by atoms with E-state index in [2.05, 4.69) is 26.0 Å². The third kappa shape index (κ3) is 1.46. The smallest absolute Gasteiger partial charge is 0.322 e. The van der Waals surface area contributed by atoms with Crippen molar-refractivity contribution in [3.8, 4) is 0 Å². The molecule has 0 aromatic carbocycles.